The summed E-state index contributed by atoms with van der Waals surface area (Å²) < 4.78 is 28.4. The maximum absolute atomic E-state index is 11.5. The SMILES string of the molecule is CCC1CCC(N)(c2noc(C3CCS(=O)(=O)C3)n2)CC1. The van der Waals surface area contributed by atoms with E-state index in [2.05, 4.69) is 17.1 Å². The number of nitrogens with zero attached hydrogens (tertiary/aromatic N) is 2. The molecule has 2 fully saturated rings. The van der Waals surface area contributed by atoms with Crippen molar-refractivity contribution in [3.05, 3.63) is 11.7 Å². The molecule has 0 radical (unpaired) electrons. The molecule has 1 aromatic rings. The first-order chi connectivity index (χ1) is 9.92. The van der Waals surface area contributed by atoms with Gasteiger partial charge in [-0.2, -0.15) is 4.98 Å². The molecule has 1 atom stereocenters. The monoisotopic (exact) mass is 313 g/mol. The topological polar surface area (TPSA) is 99.1 Å². The molecule has 2 N–H and O–H groups in total. The lowest BCUT2D eigenvalue weighted by atomic mass is 9.76. The number of aromatic nitrogens is 2. The van der Waals surface area contributed by atoms with Gasteiger partial charge in [0.05, 0.1) is 23.0 Å². The number of rotatable bonds is 3. The van der Waals surface area contributed by atoms with E-state index < -0.39 is 15.4 Å². The zero-order valence-electron chi connectivity index (χ0n) is 12.4. The van der Waals surface area contributed by atoms with Crippen LogP contribution in [0.4, 0.5) is 0 Å². The second-order valence-electron chi connectivity index (χ2n) is 6.56. The zero-order chi connectivity index (χ0) is 15.1. The summed E-state index contributed by atoms with van der Waals surface area (Å²) in [5.41, 5.74) is 5.95. The van der Waals surface area contributed by atoms with Crippen LogP contribution in [0.25, 0.3) is 0 Å². The summed E-state index contributed by atoms with van der Waals surface area (Å²) in [6, 6.07) is 0. The Kier molecular flexibility index (Phi) is 3.81. The highest BCUT2D eigenvalue weighted by atomic mass is 32.2. The first-order valence-electron chi connectivity index (χ1n) is 7.75. The van der Waals surface area contributed by atoms with Crippen molar-refractivity contribution < 1.29 is 12.9 Å². The van der Waals surface area contributed by atoms with E-state index in [1.807, 2.05) is 0 Å². The van der Waals surface area contributed by atoms with Crippen LogP contribution in [-0.4, -0.2) is 30.1 Å². The molecule has 6 nitrogen and oxygen atoms in total. The molecule has 2 aliphatic rings. The van der Waals surface area contributed by atoms with Crippen LogP contribution in [0.1, 0.15) is 63.1 Å². The van der Waals surface area contributed by atoms with Crippen LogP contribution in [0, 0.1) is 5.92 Å². The minimum Gasteiger partial charge on any atom is -0.339 e. The van der Waals surface area contributed by atoms with E-state index in [0.29, 0.717) is 18.1 Å². The zero-order valence-corrected chi connectivity index (χ0v) is 13.2. The van der Waals surface area contributed by atoms with E-state index in [1.54, 1.807) is 0 Å². The highest BCUT2D eigenvalue weighted by Gasteiger charge is 2.39. The Bertz CT molecular complexity index is 603. The summed E-state index contributed by atoms with van der Waals surface area (Å²) in [5, 5.41) is 4.05. The molecule has 1 aliphatic heterocycles. The molecular weight excluding hydrogens is 290 g/mol. The van der Waals surface area contributed by atoms with Gasteiger partial charge in [-0.1, -0.05) is 18.5 Å². The van der Waals surface area contributed by atoms with Gasteiger partial charge in [0, 0.05) is 0 Å². The second kappa shape index (κ2) is 5.35. The predicted molar refractivity (Wildman–Crippen MR) is 78.4 cm³/mol. The minimum atomic E-state index is -2.94. The van der Waals surface area contributed by atoms with Crippen LogP contribution in [0.15, 0.2) is 4.52 Å². The lowest BCUT2D eigenvalue weighted by molar-refractivity contribution is 0.216. The normalized spacial score (nSPS) is 35.9. The van der Waals surface area contributed by atoms with Gasteiger partial charge in [-0.3, -0.25) is 0 Å². The first-order valence-corrected chi connectivity index (χ1v) is 9.57. The lowest BCUT2D eigenvalue weighted by Gasteiger charge is -2.34. The molecule has 1 aliphatic carbocycles. The van der Waals surface area contributed by atoms with Gasteiger partial charge in [0.1, 0.15) is 0 Å². The molecule has 1 saturated heterocycles. The van der Waals surface area contributed by atoms with Crippen molar-refractivity contribution in [1.82, 2.24) is 10.1 Å². The van der Waals surface area contributed by atoms with Crippen molar-refractivity contribution in [3.63, 3.8) is 0 Å². The first kappa shape index (κ1) is 15.0. The Hall–Kier alpha value is -0.950. The van der Waals surface area contributed by atoms with Gasteiger partial charge < -0.3 is 10.3 Å². The van der Waals surface area contributed by atoms with Crippen LogP contribution in [-0.2, 0) is 15.4 Å². The smallest absolute Gasteiger partial charge is 0.230 e. The predicted octanol–water partition coefficient (Wildman–Crippen LogP) is 1.73. The van der Waals surface area contributed by atoms with Crippen LogP contribution in [0.3, 0.4) is 0 Å². The summed E-state index contributed by atoms with van der Waals surface area (Å²) in [6.45, 7) is 2.21. The largest absolute Gasteiger partial charge is 0.339 e. The Labute approximate surface area is 125 Å². The van der Waals surface area contributed by atoms with Gasteiger partial charge in [-0.05, 0) is 38.0 Å². The molecule has 3 rings (SSSR count). The van der Waals surface area contributed by atoms with Crippen molar-refractivity contribution in [3.8, 4) is 0 Å². The Morgan fingerprint density at radius 3 is 2.62 bits per heavy atom. The Morgan fingerprint density at radius 2 is 2.05 bits per heavy atom. The number of sulfone groups is 1. The molecule has 0 bridgehead atoms. The third-order valence-electron chi connectivity index (χ3n) is 5.04. The van der Waals surface area contributed by atoms with Crippen LogP contribution < -0.4 is 5.73 Å². The maximum atomic E-state index is 11.5. The fourth-order valence-corrected chi connectivity index (χ4v) is 5.15. The molecule has 1 saturated carbocycles. The Morgan fingerprint density at radius 1 is 1.33 bits per heavy atom. The van der Waals surface area contributed by atoms with E-state index in [0.717, 1.165) is 31.6 Å². The molecule has 0 spiro atoms. The number of hydrogen-bond acceptors (Lipinski definition) is 6. The van der Waals surface area contributed by atoms with Crippen molar-refractivity contribution in [2.24, 2.45) is 11.7 Å². The fourth-order valence-electron chi connectivity index (χ4n) is 3.42. The number of hydrogen-bond donors (Lipinski definition) is 1. The summed E-state index contributed by atoms with van der Waals surface area (Å²) in [4.78, 5) is 4.44. The van der Waals surface area contributed by atoms with Crippen LogP contribution in [0.2, 0.25) is 0 Å². The maximum Gasteiger partial charge on any atom is 0.230 e. The van der Waals surface area contributed by atoms with E-state index in [4.69, 9.17) is 10.3 Å². The third-order valence-corrected chi connectivity index (χ3v) is 6.81. The quantitative estimate of drug-likeness (QED) is 0.912. The third kappa shape index (κ3) is 2.99. The average molecular weight is 313 g/mol. The highest BCUT2D eigenvalue weighted by Crippen LogP contribution is 2.38. The molecule has 118 valence electrons. The molecule has 2 heterocycles. The molecule has 21 heavy (non-hydrogen) atoms. The molecular formula is C14H23N3O3S. The second-order valence-corrected chi connectivity index (χ2v) is 8.79. The summed E-state index contributed by atoms with van der Waals surface area (Å²) in [7, 11) is -2.94. The molecule has 7 heteroatoms. The van der Waals surface area contributed by atoms with E-state index in [9.17, 15) is 8.42 Å². The summed E-state index contributed by atoms with van der Waals surface area (Å²) in [6.07, 6.45) is 5.68. The number of nitrogens with two attached hydrogens (primary N) is 1. The minimum absolute atomic E-state index is 0.115. The van der Waals surface area contributed by atoms with Crippen molar-refractivity contribution in [2.45, 2.75) is 56.9 Å². The van der Waals surface area contributed by atoms with Gasteiger partial charge >= 0.3 is 0 Å². The van der Waals surface area contributed by atoms with Crippen LogP contribution in [0.5, 0.6) is 0 Å². The van der Waals surface area contributed by atoms with Crippen LogP contribution >= 0.6 is 0 Å². The van der Waals surface area contributed by atoms with Crippen molar-refractivity contribution in [2.75, 3.05) is 11.5 Å². The highest BCUT2D eigenvalue weighted by molar-refractivity contribution is 7.91. The van der Waals surface area contributed by atoms with E-state index in [1.165, 1.54) is 6.42 Å². The van der Waals surface area contributed by atoms with Crippen molar-refractivity contribution in [1.29, 1.82) is 0 Å². The molecule has 0 aromatic carbocycles. The lowest BCUT2D eigenvalue weighted by Crippen LogP contribution is -2.41. The fraction of sp³-hybridized carbons (Fsp3) is 0.857. The summed E-state index contributed by atoms with van der Waals surface area (Å²) >= 11 is 0. The molecule has 0 amide bonds. The summed E-state index contributed by atoms with van der Waals surface area (Å²) in [5.74, 6) is 1.90. The van der Waals surface area contributed by atoms with Crippen molar-refractivity contribution >= 4 is 9.84 Å². The van der Waals surface area contributed by atoms with Gasteiger partial charge in [0.15, 0.2) is 15.7 Å². The van der Waals surface area contributed by atoms with Gasteiger partial charge in [0.25, 0.3) is 0 Å². The van der Waals surface area contributed by atoms with E-state index >= 15 is 0 Å². The van der Waals surface area contributed by atoms with Gasteiger partial charge in [-0.15, -0.1) is 0 Å². The molecule has 1 aromatic heterocycles. The van der Waals surface area contributed by atoms with Gasteiger partial charge in [0.2, 0.25) is 5.89 Å². The van der Waals surface area contributed by atoms with E-state index in [-0.39, 0.29) is 17.4 Å². The van der Waals surface area contributed by atoms with Gasteiger partial charge in [-0.25, -0.2) is 8.42 Å². The molecule has 1 unspecified atom stereocenters. The Balaban J connectivity index is 1.73. The average Bonchev–Trinajstić information content (AvgIpc) is 3.06. The standard InChI is InChI=1S/C14H23N3O3S/c1-2-10-3-6-14(15,7-4-10)13-16-12(20-17-13)11-5-8-21(18,19)9-11/h10-11H,2-9,15H2,1H3.